The fraction of sp³-hybridized carbons (Fsp3) is 0.111. The van der Waals surface area contributed by atoms with Crippen LogP contribution in [-0.4, -0.2) is 30.8 Å². The molecular weight excluding hydrogens is 569 g/mol. The number of nitrogens with one attached hydrogen (secondary N) is 2. The van der Waals surface area contributed by atoms with Crippen LogP contribution in [-0.2, 0) is 30.5 Å². The second-order valence-corrected chi connectivity index (χ2v) is 9.45. The van der Waals surface area contributed by atoms with Crippen molar-refractivity contribution < 1.29 is 28.3 Å². The van der Waals surface area contributed by atoms with E-state index in [1.165, 1.54) is 30.2 Å². The molecular formula is C27H20Cl3N3O6. The maximum atomic E-state index is 13.4. The predicted molar refractivity (Wildman–Crippen MR) is 147 cm³/mol. The van der Waals surface area contributed by atoms with Gasteiger partial charge in [0.05, 0.1) is 40.5 Å². The summed E-state index contributed by atoms with van der Waals surface area (Å²) in [6.45, 7) is 1.50. The molecule has 0 aliphatic carbocycles. The Hall–Kier alpha value is -4.05. The van der Waals surface area contributed by atoms with E-state index < -0.39 is 23.7 Å². The van der Waals surface area contributed by atoms with Crippen molar-refractivity contribution in [3.63, 3.8) is 0 Å². The zero-order valence-corrected chi connectivity index (χ0v) is 22.8. The summed E-state index contributed by atoms with van der Waals surface area (Å²) in [5, 5.41) is 5.86. The van der Waals surface area contributed by atoms with E-state index in [9.17, 15) is 19.2 Å². The Morgan fingerprint density at radius 3 is 2.46 bits per heavy atom. The molecule has 2 heterocycles. The van der Waals surface area contributed by atoms with Crippen molar-refractivity contribution in [2.75, 3.05) is 17.3 Å². The number of ether oxygens (including phenoxy) is 1. The summed E-state index contributed by atoms with van der Waals surface area (Å²) in [5.41, 5.74) is 1.21. The van der Waals surface area contributed by atoms with Crippen LogP contribution < -0.4 is 15.5 Å². The molecule has 3 amide bonds. The number of rotatable bonds is 6. The zero-order chi connectivity index (χ0) is 28.3. The lowest BCUT2D eigenvalue weighted by atomic mass is 10.1. The van der Waals surface area contributed by atoms with E-state index in [0.29, 0.717) is 32.9 Å². The van der Waals surface area contributed by atoms with Crippen molar-refractivity contribution in [2.24, 2.45) is 0 Å². The summed E-state index contributed by atoms with van der Waals surface area (Å²) in [5.74, 6) is -2.45. The minimum absolute atomic E-state index is 0.0382. The normalized spacial score (nSPS) is 14.1. The Balaban J connectivity index is 1.50. The van der Waals surface area contributed by atoms with Gasteiger partial charge < -0.3 is 19.8 Å². The van der Waals surface area contributed by atoms with Crippen LogP contribution in [0.15, 0.2) is 75.9 Å². The van der Waals surface area contributed by atoms with Crippen LogP contribution in [0.2, 0.25) is 15.1 Å². The molecule has 1 aliphatic rings. The van der Waals surface area contributed by atoms with Gasteiger partial charge in [-0.1, -0.05) is 40.9 Å². The molecule has 1 aliphatic heterocycles. The molecule has 0 saturated carbocycles. The second-order valence-electron chi connectivity index (χ2n) is 8.20. The molecule has 2 aromatic carbocycles. The van der Waals surface area contributed by atoms with Crippen LogP contribution in [0.5, 0.6) is 0 Å². The first kappa shape index (κ1) is 28.0. The van der Waals surface area contributed by atoms with Gasteiger partial charge in [0.15, 0.2) is 0 Å². The number of hydrogen-bond donors (Lipinski definition) is 2. The highest BCUT2D eigenvalue weighted by Gasteiger charge is 2.38. The number of allylic oxidation sites excluding steroid dienone is 1. The summed E-state index contributed by atoms with van der Waals surface area (Å²) in [4.78, 5) is 51.7. The second kappa shape index (κ2) is 11.8. The number of furan rings is 1. The van der Waals surface area contributed by atoms with Gasteiger partial charge in [-0.25, -0.2) is 4.79 Å². The van der Waals surface area contributed by atoms with E-state index in [2.05, 4.69) is 10.6 Å². The van der Waals surface area contributed by atoms with Crippen LogP contribution in [0.3, 0.4) is 0 Å². The van der Waals surface area contributed by atoms with Gasteiger partial charge >= 0.3 is 17.8 Å². The van der Waals surface area contributed by atoms with Crippen molar-refractivity contribution >= 4 is 75.9 Å². The third kappa shape index (κ3) is 6.17. The number of esters is 1. The molecule has 0 saturated heterocycles. The monoisotopic (exact) mass is 587 g/mol. The van der Waals surface area contributed by atoms with Gasteiger partial charge in [-0.2, -0.15) is 0 Å². The van der Waals surface area contributed by atoms with Gasteiger partial charge in [0.25, 0.3) is 5.91 Å². The van der Waals surface area contributed by atoms with E-state index in [4.69, 9.17) is 44.0 Å². The Morgan fingerprint density at radius 1 is 1.00 bits per heavy atom. The van der Waals surface area contributed by atoms with E-state index in [0.717, 1.165) is 0 Å². The number of anilines is 2. The van der Waals surface area contributed by atoms with Crippen molar-refractivity contribution in [2.45, 2.75) is 13.5 Å². The van der Waals surface area contributed by atoms with E-state index in [1.807, 2.05) is 0 Å². The van der Waals surface area contributed by atoms with E-state index >= 15 is 0 Å². The summed E-state index contributed by atoms with van der Waals surface area (Å²) < 4.78 is 10.6. The Labute approximate surface area is 237 Å². The molecule has 200 valence electrons. The summed E-state index contributed by atoms with van der Waals surface area (Å²) in [7, 11) is 1.21. The van der Waals surface area contributed by atoms with Crippen molar-refractivity contribution in [1.29, 1.82) is 0 Å². The lowest BCUT2D eigenvalue weighted by Crippen LogP contribution is -2.34. The summed E-state index contributed by atoms with van der Waals surface area (Å²) >= 11 is 18.0. The van der Waals surface area contributed by atoms with Crippen molar-refractivity contribution in [3.05, 3.63) is 98.0 Å². The molecule has 2 N–H and O–H groups in total. The molecule has 4 rings (SSSR count). The van der Waals surface area contributed by atoms with Gasteiger partial charge in [-0.05, 0) is 61.5 Å². The Bertz CT molecular complexity index is 1560. The Morgan fingerprint density at radius 2 is 1.77 bits per heavy atom. The molecule has 1 aromatic heterocycles. The first-order valence-electron chi connectivity index (χ1n) is 11.3. The minimum atomic E-state index is -0.888. The zero-order valence-electron chi connectivity index (χ0n) is 20.5. The molecule has 0 radical (unpaired) electrons. The highest BCUT2D eigenvalue weighted by molar-refractivity contribution is 6.42. The topological polar surface area (TPSA) is 118 Å². The first-order valence-corrected chi connectivity index (χ1v) is 12.5. The van der Waals surface area contributed by atoms with Crippen LogP contribution in [0.25, 0.3) is 6.08 Å². The maximum Gasteiger partial charge on any atom is 0.340 e. The molecule has 0 bridgehead atoms. The van der Waals surface area contributed by atoms with Gasteiger partial charge in [0.2, 0.25) is 0 Å². The average molecular weight is 589 g/mol. The molecule has 12 heteroatoms. The van der Waals surface area contributed by atoms with Gasteiger partial charge in [-0.3, -0.25) is 19.3 Å². The lowest BCUT2D eigenvalue weighted by molar-refractivity contribution is -0.136. The number of hydrogen-bond acceptors (Lipinski definition) is 6. The standard InChI is InChI=1S/C27H20Cl3N3O6/c1-14-23(27(37)38-2)20(26(36)33(14)17-6-9-21(29)22(30)11-17)12-18-7-8-19(39-18)13-31-24(34)25(35)32-16-5-3-4-15(28)10-16/h3-12H,13H2,1-2H3,(H,31,34)(H,32,35)/b20-12+. The van der Waals surface area contributed by atoms with Gasteiger partial charge in [0, 0.05) is 16.4 Å². The summed E-state index contributed by atoms with van der Waals surface area (Å²) in [6.07, 6.45) is 1.40. The average Bonchev–Trinajstić information content (AvgIpc) is 3.45. The SMILES string of the molecule is COC(=O)C1=C(C)N(c2ccc(Cl)c(Cl)c2)C(=O)/C1=C/c1ccc(CNC(=O)C(=O)Nc2cccc(Cl)c2)o1. The van der Waals surface area contributed by atoms with E-state index in [1.54, 1.807) is 49.4 Å². The highest BCUT2D eigenvalue weighted by atomic mass is 35.5. The number of carbonyl (C=O) groups is 4. The third-order valence-corrected chi connectivity index (χ3v) is 6.61. The number of amides is 3. The predicted octanol–water partition coefficient (Wildman–Crippen LogP) is 5.37. The number of carbonyl (C=O) groups excluding carboxylic acids is 4. The van der Waals surface area contributed by atoms with Crippen LogP contribution in [0, 0.1) is 0 Å². The van der Waals surface area contributed by atoms with Crippen LogP contribution in [0.1, 0.15) is 18.4 Å². The molecule has 0 atom stereocenters. The van der Waals surface area contributed by atoms with Gasteiger partial charge in [-0.15, -0.1) is 0 Å². The van der Waals surface area contributed by atoms with Crippen LogP contribution in [0.4, 0.5) is 11.4 Å². The molecule has 0 spiro atoms. The highest BCUT2D eigenvalue weighted by Crippen LogP contribution is 2.37. The minimum Gasteiger partial charge on any atom is -0.465 e. The van der Waals surface area contributed by atoms with Crippen molar-refractivity contribution in [1.82, 2.24) is 5.32 Å². The largest absolute Gasteiger partial charge is 0.465 e. The molecule has 0 unspecified atom stereocenters. The lowest BCUT2D eigenvalue weighted by Gasteiger charge is -2.18. The fourth-order valence-corrected chi connectivity index (χ4v) is 4.31. The van der Waals surface area contributed by atoms with E-state index in [-0.39, 0.29) is 28.5 Å². The summed E-state index contributed by atoms with van der Waals surface area (Å²) in [6, 6.07) is 14.1. The quantitative estimate of drug-likeness (QED) is 0.227. The maximum absolute atomic E-state index is 13.4. The molecule has 0 fully saturated rings. The van der Waals surface area contributed by atoms with Crippen molar-refractivity contribution in [3.8, 4) is 0 Å². The first-order chi connectivity index (χ1) is 18.6. The fourth-order valence-electron chi connectivity index (χ4n) is 3.83. The smallest absolute Gasteiger partial charge is 0.340 e. The number of nitrogens with zero attached hydrogens (tertiary/aromatic N) is 1. The third-order valence-electron chi connectivity index (χ3n) is 5.63. The Kier molecular flexibility index (Phi) is 8.44. The number of halogens is 3. The molecule has 9 nitrogen and oxygen atoms in total. The van der Waals surface area contributed by atoms with Gasteiger partial charge in [0.1, 0.15) is 11.5 Å². The van der Waals surface area contributed by atoms with Crippen LogP contribution >= 0.6 is 34.8 Å². The molecule has 3 aromatic rings. The molecule has 39 heavy (non-hydrogen) atoms. The number of benzene rings is 2. The number of methoxy groups -OCH3 is 1.